The summed E-state index contributed by atoms with van der Waals surface area (Å²) in [6.07, 6.45) is 2.68. The summed E-state index contributed by atoms with van der Waals surface area (Å²) < 4.78 is 0. The molecule has 1 unspecified atom stereocenters. The average molecular weight is 182 g/mol. The topological polar surface area (TPSA) is 24.9 Å². The highest BCUT2D eigenvalue weighted by Gasteiger charge is 2.24. The van der Waals surface area contributed by atoms with Crippen molar-refractivity contribution in [2.75, 3.05) is 0 Å². The number of nitrogens with one attached hydrogen (secondary N) is 1. The summed E-state index contributed by atoms with van der Waals surface area (Å²) in [4.78, 5) is 4.45. The summed E-state index contributed by atoms with van der Waals surface area (Å²) in [5.41, 5.74) is 1.14. The van der Waals surface area contributed by atoms with Crippen molar-refractivity contribution in [1.29, 1.82) is 0 Å². The molecule has 1 N–H and O–H groups in total. The van der Waals surface area contributed by atoms with Crippen LogP contribution in [0.15, 0.2) is 5.38 Å². The van der Waals surface area contributed by atoms with Crippen molar-refractivity contribution in [2.45, 2.75) is 38.8 Å². The van der Waals surface area contributed by atoms with Gasteiger partial charge in [-0.25, -0.2) is 4.98 Å². The number of hydrogen-bond donors (Lipinski definition) is 1. The highest BCUT2D eigenvalue weighted by Crippen LogP contribution is 2.25. The third-order valence-electron chi connectivity index (χ3n) is 2.07. The van der Waals surface area contributed by atoms with Crippen molar-refractivity contribution in [1.82, 2.24) is 10.3 Å². The van der Waals surface area contributed by atoms with Gasteiger partial charge in [-0.1, -0.05) is 0 Å². The van der Waals surface area contributed by atoms with Gasteiger partial charge in [-0.3, -0.25) is 0 Å². The Morgan fingerprint density at radius 2 is 2.42 bits per heavy atom. The van der Waals surface area contributed by atoms with Gasteiger partial charge in [0.2, 0.25) is 0 Å². The van der Waals surface area contributed by atoms with Crippen molar-refractivity contribution in [3.63, 3.8) is 0 Å². The van der Waals surface area contributed by atoms with E-state index in [2.05, 4.69) is 22.6 Å². The van der Waals surface area contributed by atoms with E-state index in [1.807, 2.05) is 6.92 Å². The van der Waals surface area contributed by atoms with Crippen molar-refractivity contribution in [3.05, 3.63) is 16.1 Å². The maximum atomic E-state index is 4.45. The molecule has 3 heteroatoms. The van der Waals surface area contributed by atoms with Crippen LogP contribution in [-0.4, -0.2) is 11.0 Å². The monoisotopic (exact) mass is 182 g/mol. The van der Waals surface area contributed by atoms with Gasteiger partial charge in [-0.2, -0.15) is 0 Å². The smallest absolute Gasteiger partial charge is 0.110 e. The number of hydrogen-bond acceptors (Lipinski definition) is 3. The van der Waals surface area contributed by atoms with E-state index in [0.717, 1.165) is 11.7 Å². The standard InChI is InChI=1S/C9H14N2S/c1-6-5-12-9(10-6)7(2)11-8-3-4-8/h5,7-8,11H,3-4H2,1-2H3. The van der Waals surface area contributed by atoms with Crippen LogP contribution >= 0.6 is 11.3 Å². The maximum Gasteiger partial charge on any atom is 0.110 e. The lowest BCUT2D eigenvalue weighted by Crippen LogP contribution is -2.20. The Morgan fingerprint density at radius 3 is 2.92 bits per heavy atom. The van der Waals surface area contributed by atoms with Crippen LogP contribution in [0.3, 0.4) is 0 Å². The van der Waals surface area contributed by atoms with E-state index in [-0.39, 0.29) is 0 Å². The fourth-order valence-electron chi connectivity index (χ4n) is 1.25. The van der Waals surface area contributed by atoms with Gasteiger partial charge < -0.3 is 5.32 Å². The van der Waals surface area contributed by atoms with E-state index >= 15 is 0 Å². The molecule has 12 heavy (non-hydrogen) atoms. The van der Waals surface area contributed by atoms with Crippen molar-refractivity contribution >= 4 is 11.3 Å². The zero-order valence-electron chi connectivity index (χ0n) is 7.50. The molecule has 2 rings (SSSR count). The highest BCUT2D eigenvalue weighted by atomic mass is 32.1. The SMILES string of the molecule is Cc1csc(C(C)NC2CC2)n1. The van der Waals surface area contributed by atoms with Gasteiger partial charge in [-0.05, 0) is 26.7 Å². The zero-order valence-corrected chi connectivity index (χ0v) is 8.32. The van der Waals surface area contributed by atoms with Gasteiger partial charge in [0.05, 0.1) is 6.04 Å². The van der Waals surface area contributed by atoms with Gasteiger partial charge >= 0.3 is 0 Å². The number of aromatic nitrogens is 1. The average Bonchev–Trinajstić information content (AvgIpc) is 2.72. The minimum Gasteiger partial charge on any atom is -0.305 e. The third kappa shape index (κ3) is 1.84. The van der Waals surface area contributed by atoms with Crippen LogP contribution in [0.2, 0.25) is 0 Å². The minimum atomic E-state index is 0.441. The molecule has 0 saturated heterocycles. The minimum absolute atomic E-state index is 0.441. The lowest BCUT2D eigenvalue weighted by atomic mass is 10.3. The Balaban J connectivity index is 1.97. The summed E-state index contributed by atoms with van der Waals surface area (Å²) >= 11 is 1.75. The van der Waals surface area contributed by atoms with E-state index in [4.69, 9.17) is 0 Å². The van der Waals surface area contributed by atoms with Gasteiger partial charge in [0.15, 0.2) is 0 Å². The molecule has 1 aromatic rings. The third-order valence-corrected chi connectivity index (χ3v) is 3.22. The summed E-state index contributed by atoms with van der Waals surface area (Å²) in [6.45, 7) is 4.24. The lowest BCUT2D eigenvalue weighted by molar-refractivity contribution is 0.567. The molecule has 2 nitrogen and oxygen atoms in total. The number of thiazole rings is 1. The molecule has 0 spiro atoms. The van der Waals surface area contributed by atoms with E-state index in [1.165, 1.54) is 17.8 Å². The van der Waals surface area contributed by atoms with Crippen LogP contribution < -0.4 is 5.32 Å². The fourth-order valence-corrected chi connectivity index (χ4v) is 2.06. The quantitative estimate of drug-likeness (QED) is 0.775. The normalized spacial score (nSPS) is 19.5. The van der Waals surface area contributed by atoms with Gasteiger partial charge in [0, 0.05) is 17.1 Å². The van der Waals surface area contributed by atoms with Gasteiger partial charge in [0.25, 0.3) is 0 Å². The van der Waals surface area contributed by atoms with Crippen LogP contribution in [-0.2, 0) is 0 Å². The lowest BCUT2D eigenvalue weighted by Gasteiger charge is -2.08. The number of aryl methyl sites for hydroxylation is 1. The molecule has 1 atom stereocenters. The summed E-state index contributed by atoms with van der Waals surface area (Å²) in [6, 6.07) is 1.21. The molecule has 1 fully saturated rings. The molecule has 0 aromatic carbocycles. The largest absolute Gasteiger partial charge is 0.305 e. The second kappa shape index (κ2) is 3.15. The van der Waals surface area contributed by atoms with Crippen LogP contribution in [0.25, 0.3) is 0 Å². The van der Waals surface area contributed by atoms with Gasteiger partial charge in [0.1, 0.15) is 5.01 Å². The van der Waals surface area contributed by atoms with E-state index in [0.29, 0.717) is 6.04 Å². The Labute approximate surface area is 77.0 Å². The summed E-state index contributed by atoms with van der Waals surface area (Å²) in [5.74, 6) is 0. The molecule has 1 heterocycles. The molecule has 0 amide bonds. The van der Waals surface area contributed by atoms with E-state index in [9.17, 15) is 0 Å². The molecular weight excluding hydrogens is 168 g/mol. The Hall–Kier alpha value is -0.410. The molecular formula is C9H14N2S. The zero-order chi connectivity index (χ0) is 8.55. The molecule has 0 radical (unpaired) electrons. The second-order valence-electron chi connectivity index (χ2n) is 3.49. The first kappa shape index (κ1) is 8.20. The van der Waals surface area contributed by atoms with Crippen molar-refractivity contribution < 1.29 is 0 Å². The molecule has 66 valence electrons. The van der Waals surface area contributed by atoms with Crippen LogP contribution in [0.1, 0.15) is 36.5 Å². The van der Waals surface area contributed by atoms with Crippen molar-refractivity contribution in [2.24, 2.45) is 0 Å². The van der Waals surface area contributed by atoms with Crippen LogP contribution in [0.5, 0.6) is 0 Å². The predicted molar refractivity (Wildman–Crippen MR) is 51.4 cm³/mol. The maximum absolute atomic E-state index is 4.45. The first-order valence-electron chi connectivity index (χ1n) is 4.44. The number of rotatable bonds is 3. The summed E-state index contributed by atoms with van der Waals surface area (Å²) in [5, 5.41) is 6.86. The molecule has 1 aliphatic carbocycles. The molecule has 0 aliphatic heterocycles. The Bertz CT molecular complexity index is 265. The van der Waals surface area contributed by atoms with E-state index in [1.54, 1.807) is 11.3 Å². The van der Waals surface area contributed by atoms with Gasteiger partial charge in [-0.15, -0.1) is 11.3 Å². The molecule has 1 saturated carbocycles. The predicted octanol–water partition coefficient (Wildman–Crippen LogP) is 2.26. The fraction of sp³-hybridized carbons (Fsp3) is 0.667. The Morgan fingerprint density at radius 1 is 1.67 bits per heavy atom. The van der Waals surface area contributed by atoms with E-state index < -0.39 is 0 Å². The first-order chi connectivity index (χ1) is 5.75. The van der Waals surface area contributed by atoms with Crippen LogP contribution in [0.4, 0.5) is 0 Å². The molecule has 1 aliphatic rings. The first-order valence-corrected chi connectivity index (χ1v) is 5.32. The highest BCUT2D eigenvalue weighted by molar-refractivity contribution is 7.09. The molecule has 0 bridgehead atoms. The second-order valence-corrected chi connectivity index (χ2v) is 4.38. The molecule has 1 aromatic heterocycles. The van der Waals surface area contributed by atoms with Crippen molar-refractivity contribution in [3.8, 4) is 0 Å². The van der Waals surface area contributed by atoms with Crippen LogP contribution in [0, 0.1) is 6.92 Å². The summed E-state index contributed by atoms with van der Waals surface area (Å²) in [7, 11) is 0. The Kier molecular flexibility index (Phi) is 2.15. The number of nitrogens with zero attached hydrogens (tertiary/aromatic N) is 1.